The summed E-state index contributed by atoms with van der Waals surface area (Å²) in [6, 6.07) is 5.55. The summed E-state index contributed by atoms with van der Waals surface area (Å²) in [6.07, 6.45) is 0.182. The van der Waals surface area contributed by atoms with E-state index in [1.807, 2.05) is 0 Å². The van der Waals surface area contributed by atoms with E-state index in [0.717, 1.165) is 6.42 Å². The molecule has 1 fully saturated rings. The van der Waals surface area contributed by atoms with Crippen LogP contribution in [0.25, 0.3) is 0 Å². The molecule has 1 aliphatic carbocycles. The predicted octanol–water partition coefficient (Wildman–Crippen LogP) is 1.57. The van der Waals surface area contributed by atoms with Crippen LogP contribution in [0.4, 0.5) is 9.18 Å². The fourth-order valence-corrected chi connectivity index (χ4v) is 1.73. The number of benzene rings is 1. The first-order valence-corrected chi connectivity index (χ1v) is 6.04. The minimum absolute atomic E-state index is 0.110. The Hall–Kier alpha value is -1.62. The van der Waals surface area contributed by atoms with Crippen molar-refractivity contribution in [3.8, 4) is 0 Å². The second-order valence-corrected chi connectivity index (χ2v) is 4.74. The third-order valence-corrected chi connectivity index (χ3v) is 3.14. The number of aliphatic hydroxyl groups excluding tert-OH is 1. The van der Waals surface area contributed by atoms with Crippen molar-refractivity contribution in [2.24, 2.45) is 5.92 Å². The van der Waals surface area contributed by atoms with Crippen LogP contribution in [0.1, 0.15) is 25.0 Å². The Morgan fingerprint density at radius 1 is 1.50 bits per heavy atom. The summed E-state index contributed by atoms with van der Waals surface area (Å²) in [4.78, 5) is 11.4. The molecule has 0 aromatic heterocycles. The third-order valence-electron chi connectivity index (χ3n) is 3.14. The molecule has 3 unspecified atom stereocenters. The molecule has 3 atom stereocenters. The molecule has 0 radical (unpaired) electrons. The fourth-order valence-electron chi connectivity index (χ4n) is 1.73. The number of nitrogens with one attached hydrogen (secondary N) is 2. The summed E-state index contributed by atoms with van der Waals surface area (Å²) in [5.41, 5.74) is 0.580. The van der Waals surface area contributed by atoms with Crippen LogP contribution in [0.2, 0.25) is 0 Å². The molecule has 1 aliphatic rings. The van der Waals surface area contributed by atoms with Crippen LogP contribution in [0.3, 0.4) is 0 Å². The zero-order chi connectivity index (χ0) is 13.1. The zero-order valence-electron chi connectivity index (χ0n) is 10.2. The Kier molecular flexibility index (Phi) is 3.81. The molecular weight excluding hydrogens is 235 g/mol. The first-order valence-electron chi connectivity index (χ1n) is 6.04. The lowest BCUT2D eigenvalue weighted by molar-refractivity contribution is 0.173. The minimum atomic E-state index is -0.826. The number of aliphatic hydroxyl groups is 1. The topological polar surface area (TPSA) is 61.4 Å². The van der Waals surface area contributed by atoms with Gasteiger partial charge in [0.15, 0.2) is 0 Å². The number of halogens is 1. The summed E-state index contributed by atoms with van der Waals surface area (Å²) in [5, 5.41) is 15.2. The van der Waals surface area contributed by atoms with Gasteiger partial charge in [-0.15, -0.1) is 0 Å². The van der Waals surface area contributed by atoms with Crippen molar-refractivity contribution >= 4 is 6.03 Å². The first kappa shape index (κ1) is 12.8. The summed E-state index contributed by atoms with van der Waals surface area (Å²) >= 11 is 0. The van der Waals surface area contributed by atoms with Gasteiger partial charge in [-0.1, -0.05) is 19.1 Å². The number of amides is 2. The van der Waals surface area contributed by atoms with E-state index in [1.54, 1.807) is 0 Å². The maximum atomic E-state index is 12.7. The molecule has 1 aromatic rings. The van der Waals surface area contributed by atoms with E-state index in [1.165, 1.54) is 24.3 Å². The van der Waals surface area contributed by atoms with Gasteiger partial charge in [0.1, 0.15) is 5.82 Å². The Morgan fingerprint density at radius 2 is 2.11 bits per heavy atom. The van der Waals surface area contributed by atoms with Crippen molar-refractivity contribution in [2.45, 2.75) is 25.5 Å². The molecule has 98 valence electrons. The van der Waals surface area contributed by atoms with Gasteiger partial charge in [-0.05, 0) is 30.0 Å². The van der Waals surface area contributed by atoms with Crippen molar-refractivity contribution in [1.29, 1.82) is 0 Å². The molecular formula is C13H17FN2O2. The van der Waals surface area contributed by atoms with Crippen LogP contribution in [-0.2, 0) is 0 Å². The highest BCUT2D eigenvalue weighted by atomic mass is 19.1. The van der Waals surface area contributed by atoms with Gasteiger partial charge in [0.05, 0.1) is 6.10 Å². The Morgan fingerprint density at radius 3 is 2.67 bits per heavy atom. The van der Waals surface area contributed by atoms with Crippen molar-refractivity contribution in [3.05, 3.63) is 35.6 Å². The lowest BCUT2D eigenvalue weighted by Crippen LogP contribution is -2.39. The molecule has 0 heterocycles. The molecule has 0 aliphatic heterocycles. The van der Waals surface area contributed by atoms with E-state index in [9.17, 15) is 14.3 Å². The second kappa shape index (κ2) is 5.35. The van der Waals surface area contributed by atoms with Gasteiger partial charge in [0, 0.05) is 12.6 Å². The van der Waals surface area contributed by atoms with E-state index in [-0.39, 0.29) is 24.4 Å². The van der Waals surface area contributed by atoms with Crippen LogP contribution >= 0.6 is 0 Å². The van der Waals surface area contributed by atoms with Crippen LogP contribution in [0.15, 0.2) is 24.3 Å². The summed E-state index contributed by atoms with van der Waals surface area (Å²) < 4.78 is 12.7. The monoisotopic (exact) mass is 252 g/mol. The van der Waals surface area contributed by atoms with Gasteiger partial charge in [-0.3, -0.25) is 0 Å². The van der Waals surface area contributed by atoms with Crippen LogP contribution in [-0.4, -0.2) is 23.7 Å². The van der Waals surface area contributed by atoms with E-state index in [4.69, 9.17) is 0 Å². The standard InChI is InChI=1S/C13H17FN2O2/c1-8-6-11(8)16-13(18)15-7-12(17)9-2-4-10(14)5-3-9/h2-5,8,11-12,17H,6-7H2,1H3,(H2,15,16,18). The number of rotatable bonds is 4. The van der Waals surface area contributed by atoms with Crippen molar-refractivity contribution in [3.63, 3.8) is 0 Å². The number of hydrogen-bond acceptors (Lipinski definition) is 2. The van der Waals surface area contributed by atoms with Gasteiger partial charge in [0.25, 0.3) is 0 Å². The lowest BCUT2D eigenvalue weighted by atomic mass is 10.1. The Bertz CT molecular complexity index is 422. The lowest BCUT2D eigenvalue weighted by Gasteiger charge is -2.12. The summed E-state index contributed by atoms with van der Waals surface area (Å²) in [6.45, 7) is 2.18. The molecule has 0 bridgehead atoms. The molecule has 3 N–H and O–H groups in total. The fraction of sp³-hybridized carbons (Fsp3) is 0.462. The Labute approximate surface area is 105 Å². The molecule has 0 saturated heterocycles. The van der Waals surface area contributed by atoms with E-state index in [2.05, 4.69) is 17.6 Å². The molecule has 1 aromatic carbocycles. The third kappa shape index (κ3) is 3.43. The van der Waals surface area contributed by atoms with Crippen LogP contribution < -0.4 is 10.6 Å². The predicted molar refractivity (Wildman–Crippen MR) is 65.5 cm³/mol. The van der Waals surface area contributed by atoms with Gasteiger partial charge >= 0.3 is 6.03 Å². The largest absolute Gasteiger partial charge is 0.387 e. The smallest absolute Gasteiger partial charge is 0.315 e. The van der Waals surface area contributed by atoms with Gasteiger partial charge in [0.2, 0.25) is 0 Å². The molecule has 1 saturated carbocycles. The molecule has 2 rings (SSSR count). The van der Waals surface area contributed by atoms with Crippen molar-refractivity contribution in [2.75, 3.05) is 6.54 Å². The molecule has 0 spiro atoms. The van der Waals surface area contributed by atoms with Crippen LogP contribution in [0.5, 0.6) is 0 Å². The quantitative estimate of drug-likeness (QED) is 0.761. The highest BCUT2D eigenvalue weighted by molar-refractivity contribution is 5.74. The maximum absolute atomic E-state index is 12.7. The van der Waals surface area contributed by atoms with E-state index < -0.39 is 6.10 Å². The average molecular weight is 252 g/mol. The number of urea groups is 1. The van der Waals surface area contributed by atoms with Crippen LogP contribution in [0, 0.1) is 11.7 Å². The number of carbonyl (C=O) groups excluding carboxylic acids is 1. The second-order valence-electron chi connectivity index (χ2n) is 4.74. The average Bonchev–Trinajstić information content (AvgIpc) is 3.02. The summed E-state index contributed by atoms with van der Waals surface area (Å²) in [7, 11) is 0. The van der Waals surface area contributed by atoms with Crippen molar-refractivity contribution in [1.82, 2.24) is 10.6 Å². The molecule has 5 heteroatoms. The first-order chi connectivity index (χ1) is 8.56. The molecule has 2 amide bonds. The normalized spacial score (nSPS) is 23.3. The number of carbonyl (C=O) groups is 1. The molecule has 18 heavy (non-hydrogen) atoms. The highest BCUT2D eigenvalue weighted by Gasteiger charge is 2.33. The van der Waals surface area contributed by atoms with Crippen molar-refractivity contribution < 1.29 is 14.3 Å². The minimum Gasteiger partial charge on any atom is -0.387 e. The van der Waals surface area contributed by atoms with Gasteiger partial charge in [-0.25, -0.2) is 9.18 Å². The molecule has 4 nitrogen and oxygen atoms in total. The zero-order valence-corrected chi connectivity index (χ0v) is 10.2. The number of hydrogen-bond donors (Lipinski definition) is 3. The summed E-state index contributed by atoms with van der Waals surface area (Å²) in [5.74, 6) is 0.192. The van der Waals surface area contributed by atoms with Gasteiger partial charge in [-0.2, -0.15) is 0 Å². The Balaban J connectivity index is 1.75. The van der Waals surface area contributed by atoms with E-state index >= 15 is 0 Å². The van der Waals surface area contributed by atoms with Gasteiger partial charge < -0.3 is 15.7 Å². The SMILES string of the molecule is CC1CC1NC(=O)NCC(O)c1ccc(F)cc1. The maximum Gasteiger partial charge on any atom is 0.315 e. The van der Waals surface area contributed by atoms with E-state index in [0.29, 0.717) is 11.5 Å². The highest BCUT2D eigenvalue weighted by Crippen LogP contribution is 2.28.